The number of thiophene rings is 1. The van der Waals surface area contributed by atoms with E-state index in [-0.39, 0.29) is 5.89 Å². The largest absolute Gasteiger partial charge is 0.448 e. The van der Waals surface area contributed by atoms with Gasteiger partial charge in [0.1, 0.15) is 9.88 Å². The Morgan fingerprint density at radius 1 is 1.15 bits per heavy atom. The van der Waals surface area contributed by atoms with Crippen molar-refractivity contribution in [2.45, 2.75) is 20.0 Å². The molecule has 0 aliphatic heterocycles. The van der Waals surface area contributed by atoms with Crippen LogP contribution in [-0.2, 0) is 4.74 Å². The summed E-state index contributed by atoms with van der Waals surface area (Å²) in [7, 11) is 0. The van der Waals surface area contributed by atoms with E-state index >= 15 is 0 Å². The second-order valence-electron chi connectivity index (χ2n) is 5.77. The topological polar surface area (TPSA) is 78.1 Å². The normalized spacial score (nSPS) is 12.1. The molecule has 6 nitrogen and oxygen atoms in total. The molecule has 0 N–H and O–H groups in total. The number of aryl methyl sites for hydroxylation is 1. The number of benzene rings is 1. The number of esters is 1. The summed E-state index contributed by atoms with van der Waals surface area (Å²) in [5.41, 5.74) is 1.61. The van der Waals surface area contributed by atoms with Crippen LogP contribution in [-0.4, -0.2) is 21.2 Å². The Hall–Kier alpha value is -2.84. The van der Waals surface area contributed by atoms with E-state index < -0.39 is 12.1 Å². The van der Waals surface area contributed by atoms with Gasteiger partial charge in [0.15, 0.2) is 6.10 Å². The highest BCUT2D eigenvalue weighted by Gasteiger charge is 2.23. The minimum atomic E-state index is -0.652. The Bertz CT molecular complexity index is 1060. The van der Waals surface area contributed by atoms with Gasteiger partial charge in [-0.05, 0) is 25.3 Å². The predicted molar refractivity (Wildman–Crippen MR) is 104 cm³/mol. The average molecular weight is 397 g/mol. The maximum absolute atomic E-state index is 12.6. The number of hydrogen-bond acceptors (Lipinski definition) is 8. The van der Waals surface area contributed by atoms with E-state index in [4.69, 9.17) is 9.15 Å². The summed E-state index contributed by atoms with van der Waals surface area (Å²) < 4.78 is 11.2. The van der Waals surface area contributed by atoms with Crippen molar-refractivity contribution < 1.29 is 13.9 Å². The zero-order chi connectivity index (χ0) is 18.8. The first-order valence-electron chi connectivity index (χ1n) is 8.23. The number of aromatic nitrogens is 3. The average Bonchev–Trinajstić information content (AvgIpc) is 3.42. The summed E-state index contributed by atoms with van der Waals surface area (Å²) in [6.45, 7) is 3.50. The summed E-state index contributed by atoms with van der Waals surface area (Å²) in [5, 5.41) is 10.7. The highest BCUT2D eigenvalue weighted by Crippen LogP contribution is 2.30. The molecule has 0 saturated carbocycles. The van der Waals surface area contributed by atoms with Crippen molar-refractivity contribution >= 4 is 28.6 Å². The van der Waals surface area contributed by atoms with Crippen LogP contribution < -0.4 is 0 Å². The minimum absolute atomic E-state index is 0.261. The van der Waals surface area contributed by atoms with Crippen LogP contribution in [0.15, 0.2) is 52.3 Å². The molecule has 4 rings (SSSR count). The van der Waals surface area contributed by atoms with Crippen LogP contribution in [0.2, 0.25) is 0 Å². The molecule has 27 heavy (non-hydrogen) atoms. The first-order valence-corrected chi connectivity index (χ1v) is 9.92. The third-order valence-corrected chi connectivity index (χ3v) is 5.85. The van der Waals surface area contributed by atoms with Crippen LogP contribution >= 0.6 is 22.7 Å². The molecule has 0 bridgehead atoms. The third kappa shape index (κ3) is 3.67. The lowest BCUT2D eigenvalue weighted by Gasteiger charge is -2.08. The van der Waals surface area contributed by atoms with Crippen molar-refractivity contribution in [2.24, 2.45) is 0 Å². The van der Waals surface area contributed by atoms with E-state index in [1.54, 1.807) is 13.8 Å². The molecule has 1 aromatic carbocycles. The number of hydrogen-bond donors (Lipinski definition) is 0. The molecule has 0 aliphatic rings. The predicted octanol–water partition coefficient (Wildman–Crippen LogP) is 5.15. The van der Waals surface area contributed by atoms with E-state index in [0.717, 1.165) is 15.4 Å². The van der Waals surface area contributed by atoms with Crippen LogP contribution in [0.4, 0.5) is 0 Å². The number of thiazole rings is 1. The summed E-state index contributed by atoms with van der Waals surface area (Å²) >= 11 is 2.81. The van der Waals surface area contributed by atoms with Crippen molar-refractivity contribution in [3.8, 4) is 21.3 Å². The van der Waals surface area contributed by atoms with Gasteiger partial charge in [-0.25, -0.2) is 9.78 Å². The lowest BCUT2D eigenvalue weighted by atomic mass is 10.2. The van der Waals surface area contributed by atoms with Gasteiger partial charge in [0, 0.05) is 5.56 Å². The Morgan fingerprint density at radius 3 is 2.70 bits per heavy atom. The van der Waals surface area contributed by atoms with Crippen LogP contribution in [0.3, 0.4) is 0 Å². The van der Waals surface area contributed by atoms with Crippen molar-refractivity contribution in [3.05, 3.63) is 64.3 Å². The molecule has 1 atom stereocenters. The second kappa shape index (κ2) is 7.42. The van der Waals surface area contributed by atoms with Gasteiger partial charge >= 0.3 is 5.97 Å². The Kier molecular flexibility index (Phi) is 4.83. The van der Waals surface area contributed by atoms with Crippen LogP contribution in [0.1, 0.15) is 34.3 Å². The second-order valence-corrected chi connectivity index (χ2v) is 7.72. The number of nitrogens with zero attached hydrogens (tertiary/aromatic N) is 3. The van der Waals surface area contributed by atoms with Gasteiger partial charge in [-0.15, -0.1) is 32.9 Å². The van der Waals surface area contributed by atoms with Crippen molar-refractivity contribution in [1.82, 2.24) is 15.2 Å². The van der Waals surface area contributed by atoms with Gasteiger partial charge in [0.25, 0.3) is 11.8 Å². The minimum Gasteiger partial charge on any atom is -0.448 e. The molecule has 136 valence electrons. The SMILES string of the molecule is Cc1nc(-c2ccccc2)sc1C(=O)O[C@H](C)c1nnc(-c2cccs2)o1. The van der Waals surface area contributed by atoms with Crippen molar-refractivity contribution in [2.75, 3.05) is 0 Å². The molecule has 4 aromatic rings. The van der Waals surface area contributed by atoms with Gasteiger partial charge < -0.3 is 9.15 Å². The van der Waals surface area contributed by atoms with E-state index in [9.17, 15) is 4.79 Å². The molecule has 0 unspecified atom stereocenters. The van der Waals surface area contributed by atoms with E-state index in [1.165, 1.54) is 22.7 Å². The van der Waals surface area contributed by atoms with Gasteiger partial charge in [-0.3, -0.25) is 0 Å². The van der Waals surface area contributed by atoms with E-state index in [0.29, 0.717) is 16.5 Å². The van der Waals surface area contributed by atoms with E-state index in [2.05, 4.69) is 15.2 Å². The molecule has 8 heteroatoms. The zero-order valence-corrected chi connectivity index (χ0v) is 16.2. The molecular weight excluding hydrogens is 382 g/mol. The number of carbonyl (C=O) groups is 1. The van der Waals surface area contributed by atoms with Crippen LogP contribution in [0, 0.1) is 6.92 Å². The fraction of sp³-hybridized carbons (Fsp3) is 0.158. The fourth-order valence-electron chi connectivity index (χ4n) is 2.45. The smallest absolute Gasteiger partial charge is 0.351 e. The number of ether oxygens (including phenoxy) is 1. The highest BCUT2D eigenvalue weighted by atomic mass is 32.1. The molecule has 0 fully saturated rings. The van der Waals surface area contributed by atoms with Crippen molar-refractivity contribution in [3.63, 3.8) is 0 Å². The van der Waals surface area contributed by atoms with Crippen LogP contribution in [0.25, 0.3) is 21.3 Å². The summed E-state index contributed by atoms with van der Waals surface area (Å²) in [6, 6.07) is 13.5. The standard InChI is InChI=1S/C19H15N3O3S2/c1-11-15(27-18(20-11)13-7-4-3-5-8-13)19(23)24-12(2)16-21-22-17(25-16)14-9-6-10-26-14/h3-10,12H,1-2H3/t12-/m1/s1. The Labute approximate surface area is 163 Å². The van der Waals surface area contributed by atoms with Crippen LogP contribution in [0.5, 0.6) is 0 Å². The summed E-state index contributed by atoms with van der Waals surface area (Å²) in [5.74, 6) is 0.232. The summed E-state index contributed by atoms with van der Waals surface area (Å²) in [6.07, 6.45) is -0.652. The highest BCUT2D eigenvalue weighted by molar-refractivity contribution is 7.17. The Morgan fingerprint density at radius 2 is 1.96 bits per heavy atom. The first kappa shape index (κ1) is 17.6. The molecule has 0 saturated heterocycles. The molecule has 0 aliphatic carbocycles. The van der Waals surface area contributed by atoms with Crippen molar-refractivity contribution in [1.29, 1.82) is 0 Å². The lowest BCUT2D eigenvalue weighted by molar-refractivity contribution is 0.0284. The maximum Gasteiger partial charge on any atom is 0.351 e. The zero-order valence-electron chi connectivity index (χ0n) is 14.6. The third-order valence-electron chi connectivity index (χ3n) is 3.81. The lowest BCUT2D eigenvalue weighted by Crippen LogP contribution is -2.09. The van der Waals surface area contributed by atoms with Gasteiger partial charge in [-0.2, -0.15) is 0 Å². The molecule has 0 radical (unpaired) electrons. The fourth-order valence-corrected chi connectivity index (χ4v) is 4.05. The summed E-state index contributed by atoms with van der Waals surface area (Å²) in [4.78, 5) is 18.4. The first-order chi connectivity index (χ1) is 13.1. The molecule has 0 amide bonds. The van der Waals surface area contributed by atoms with Gasteiger partial charge in [0.2, 0.25) is 0 Å². The number of carbonyl (C=O) groups excluding carboxylic acids is 1. The Balaban J connectivity index is 1.50. The monoisotopic (exact) mass is 397 g/mol. The van der Waals surface area contributed by atoms with Gasteiger partial charge in [0.05, 0.1) is 10.6 Å². The van der Waals surface area contributed by atoms with Gasteiger partial charge in [-0.1, -0.05) is 36.4 Å². The quantitative estimate of drug-likeness (QED) is 0.434. The van der Waals surface area contributed by atoms with E-state index in [1.807, 2.05) is 47.8 Å². The molecule has 3 heterocycles. The number of rotatable bonds is 5. The maximum atomic E-state index is 12.6. The molecule has 0 spiro atoms. The molecule has 3 aromatic heterocycles. The molecular formula is C19H15N3O3S2.